The van der Waals surface area contributed by atoms with Crippen LogP contribution in [-0.4, -0.2) is 50.7 Å². The van der Waals surface area contributed by atoms with Crippen LogP contribution in [0, 0.1) is 5.82 Å². The molecule has 23 heavy (non-hydrogen) atoms. The van der Waals surface area contributed by atoms with Gasteiger partial charge in [0.2, 0.25) is 10.0 Å². The minimum absolute atomic E-state index is 0.241. The lowest BCUT2D eigenvalue weighted by Crippen LogP contribution is -2.52. The van der Waals surface area contributed by atoms with Gasteiger partial charge in [0.1, 0.15) is 11.6 Å². The number of halogens is 1. The predicted molar refractivity (Wildman–Crippen MR) is 84.1 cm³/mol. The number of piperidine rings is 1. The summed E-state index contributed by atoms with van der Waals surface area (Å²) in [5.74, 6) is -0.388. The van der Waals surface area contributed by atoms with E-state index in [4.69, 9.17) is 4.74 Å². The summed E-state index contributed by atoms with van der Waals surface area (Å²) in [6.07, 6.45) is 1.74. The first kappa shape index (κ1) is 17.7. The minimum Gasteiger partial charge on any atom is -0.481 e. The Hall–Kier alpha value is -1.67. The summed E-state index contributed by atoms with van der Waals surface area (Å²) in [4.78, 5) is 14.0. The zero-order chi connectivity index (χ0) is 17.0. The number of hydrogen-bond donors (Lipinski definition) is 1. The van der Waals surface area contributed by atoms with Crippen LogP contribution in [0.4, 0.5) is 4.39 Å². The normalized spacial score (nSPS) is 20.1. The van der Waals surface area contributed by atoms with Crippen molar-refractivity contribution in [2.24, 2.45) is 0 Å². The zero-order valence-electron chi connectivity index (χ0n) is 13.2. The molecule has 1 aliphatic heterocycles. The molecule has 0 aliphatic carbocycles. The van der Waals surface area contributed by atoms with E-state index >= 15 is 0 Å². The topological polar surface area (TPSA) is 75.7 Å². The van der Waals surface area contributed by atoms with E-state index in [1.165, 1.54) is 18.2 Å². The van der Waals surface area contributed by atoms with Crippen molar-refractivity contribution in [3.63, 3.8) is 0 Å². The van der Waals surface area contributed by atoms with Crippen molar-refractivity contribution in [2.75, 3.05) is 19.3 Å². The van der Waals surface area contributed by atoms with Crippen molar-refractivity contribution in [1.82, 2.24) is 9.62 Å². The van der Waals surface area contributed by atoms with Crippen LogP contribution < -0.4 is 9.46 Å². The van der Waals surface area contributed by atoms with E-state index in [9.17, 15) is 17.6 Å². The third-order valence-corrected chi connectivity index (χ3v) is 4.33. The number of hydrogen-bond acceptors (Lipinski definition) is 4. The predicted octanol–water partition coefficient (Wildman–Crippen LogP) is 1.13. The quantitative estimate of drug-likeness (QED) is 0.869. The Labute approximate surface area is 135 Å². The average Bonchev–Trinajstić information content (AvgIpc) is 2.45. The average molecular weight is 344 g/mol. The smallest absolute Gasteiger partial charge is 0.263 e. The molecule has 128 valence electrons. The highest BCUT2D eigenvalue weighted by atomic mass is 32.2. The molecule has 6 nitrogen and oxygen atoms in total. The Morgan fingerprint density at radius 2 is 2.22 bits per heavy atom. The second kappa shape index (κ2) is 7.27. The second-order valence-electron chi connectivity index (χ2n) is 5.73. The summed E-state index contributed by atoms with van der Waals surface area (Å²) >= 11 is 0. The van der Waals surface area contributed by atoms with E-state index in [0.29, 0.717) is 25.9 Å². The monoisotopic (exact) mass is 344 g/mol. The number of sulfonamides is 1. The Bertz CT molecular complexity index is 665. The molecule has 0 bridgehead atoms. The van der Waals surface area contributed by atoms with Crippen molar-refractivity contribution in [3.05, 3.63) is 30.1 Å². The van der Waals surface area contributed by atoms with Gasteiger partial charge in [0, 0.05) is 25.2 Å². The number of nitrogens with zero attached hydrogens (tertiary/aromatic N) is 1. The highest BCUT2D eigenvalue weighted by molar-refractivity contribution is 7.88. The molecular formula is C15H21FN2O4S. The van der Waals surface area contributed by atoms with Gasteiger partial charge < -0.3 is 9.64 Å². The second-order valence-corrected chi connectivity index (χ2v) is 7.51. The van der Waals surface area contributed by atoms with Gasteiger partial charge in [-0.1, -0.05) is 6.07 Å². The molecule has 1 saturated heterocycles. The third-order valence-electron chi connectivity index (χ3n) is 3.57. The van der Waals surface area contributed by atoms with Gasteiger partial charge in [0.15, 0.2) is 6.10 Å². The molecular weight excluding hydrogens is 323 g/mol. The molecule has 2 atom stereocenters. The molecule has 1 aromatic rings. The first-order chi connectivity index (χ1) is 10.7. The highest BCUT2D eigenvalue weighted by Crippen LogP contribution is 2.17. The fourth-order valence-corrected chi connectivity index (χ4v) is 3.43. The molecule has 8 heteroatoms. The Morgan fingerprint density at radius 3 is 2.87 bits per heavy atom. The standard InChI is InChI=1S/C15H21FN2O4S/c1-11(22-14-7-3-5-12(16)9-14)15(19)18-8-4-6-13(10-18)17-23(2,20)21/h3,5,7,9,11,13,17H,4,6,8,10H2,1-2H3. The molecule has 1 aromatic carbocycles. The molecule has 2 unspecified atom stereocenters. The van der Waals surface area contributed by atoms with Crippen LogP contribution in [0.15, 0.2) is 24.3 Å². The summed E-state index contributed by atoms with van der Waals surface area (Å²) in [6, 6.07) is 5.31. The van der Waals surface area contributed by atoms with Gasteiger partial charge in [-0.3, -0.25) is 4.79 Å². The molecule has 1 amide bonds. The maximum Gasteiger partial charge on any atom is 0.263 e. The summed E-state index contributed by atoms with van der Waals surface area (Å²) < 4.78 is 43.8. The number of rotatable bonds is 5. The van der Waals surface area contributed by atoms with E-state index in [2.05, 4.69) is 4.72 Å². The highest BCUT2D eigenvalue weighted by Gasteiger charge is 2.29. The maximum absolute atomic E-state index is 13.1. The zero-order valence-corrected chi connectivity index (χ0v) is 14.0. The fourth-order valence-electron chi connectivity index (χ4n) is 2.63. The van der Waals surface area contributed by atoms with Crippen LogP contribution in [0.25, 0.3) is 0 Å². The van der Waals surface area contributed by atoms with Gasteiger partial charge in [-0.05, 0) is 31.9 Å². The third kappa shape index (κ3) is 5.47. The van der Waals surface area contributed by atoms with Crippen molar-refractivity contribution < 1.29 is 22.3 Å². The minimum atomic E-state index is -3.31. The van der Waals surface area contributed by atoms with Crippen molar-refractivity contribution >= 4 is 15.9 Å². The SMILES string of the molecule is CC(Oc1cccc(F)c1)C(=O)N1CCCC(NS(C)(=O)=O)C1. The molecule has 0 radical (unpaired) electrons. The van der Waals surface area contributed by atoms with Crippen LogP contribution in [0.3, 0.4) is 0 Å². The number of amides is 1. The van der Waals surface area contributed by atoms with Gasteiger partial charge in [0.25, 0.3) is 5.91 Å². The maximum atomic E-state index is 13.1. The molecule has 0 saturated carbocycles. The number of likely N-dealkylation sites (tertiary alicyclic amines) is 1. The van der Waals surface area contributed by atoms with Crippen LogP contribution in [-0.2, 0) is 14.8 Å². The van der Waals surface area contributed by atoms with E-state index in [1.807, 2.05) is 0 Å². The summed E-state index contributed by atoms with van der Waals surface area (Å²) in [5, 5.41) is 0. The van der Waals surface area contributed by atoms with Crippen molar-refractivity contribution in [1.29, 1.82) is 0 Å². The molecule has 1 fully saturated rings. The van der Waals surface area contributed by atoms with Crippen molar-refractivity contribution in [2.45, 2.75) is 31.9 Å². The van der Waals surface area contributed by atoms with Gasteiger partial charge >= 0.3 is 0 Å². The van der Waals surface area contributed by atoms with E-state index < -0.39 is 21.9 Å². The van der Waals surface area contributed by atoms with Crippen LogP contribution in [0.1, 0.15) is 19.8 Å². The Kier molecular flexibility index (Phi) is 5.59. The number of carbonyl (C=O) groups is 1. The lowest BCUT2D eigenvalue weighted by Gasteiger charge is -2.34. The van der Waals surface area contributed by atoms with Crippen LogP contribution in [0.2, 0.25) is 0 Å². The number of nitrogens with one attached hydrogen (secondary N) is 1. The number of ether oxygens (including phenoxy) is 1. The Balaban J connectivity index is 1.96. The molecule has 0 aromatic heterocycles. The number of carbonyl (C=O) groups excluding carboxylic acids is 1. The molecule has 1 N–H and O–H groups in total. The number of benzene rings is 1. The van der Waals surface area contributed by atoms with Crippen LogP contribution >= 0.6 is 0 Å². The molecule has 2 rings (SSSR count). The van der Waals surface area contributed by atoms with E-state index in [0.717, 1.165) is 6.26 Å². The van der Waals surface area contributed by atoms with Gasteiger partial charge in [0.05, 0.1) is 6.26 Å². The molecule has 1 heterocycles. The van der Waals surface area contributed by atoms with Gasteiger partial charge in [-0.2, -0.15) is 0 Å². The molecule has 1 aliphatic rings. The first-order valence-corrected chi connectivity index (χ1v) is 9.32. The lowest BCUT2D eigenvalue weighted by atomic mass is 10.1. The van der Waals surface area contributed by atoms with E-state index in [-0.39, 0.29) is 17.7 Å². The summed E-state index contributed by atoms with van der Waals surface area (Å²) in [5.41, 5.74) is 0. The van der Waals surface area contributed by atoms with E-state index in [1.54, 1.807) is 17.9 Å². The first-order valence-electron chi connectivity index (χ1n) is 7.43. The summed E-state index contributed by atoms with van der Waals surface area (Å²) in [7, 11) is -3.31. The largest absolute Gasteiger partial charge is 0.481 e. The molecule has 0 spiro atoms. The summed E-state index contributed by atoms with van der Waals surface area (Å²) in [6.45, 7) is 2.46. The van der Waals surface area contributed by atoms with Crippen LogP contribution in [0.5, 0.6) is 5.75 Å². The van der Waals surface area contributed by atoms with Gasteiger partial charge in [-0.15, -0.1) is 0 Å². The lowest BCUT2D eigenvalue weighted by molar-refractivity contribution is -0.139. The van der Waals surface area contributed by atoms with Crippen molar-refractivity contribution in [3.8, 4) is 5.75 Å². The van der Waals surface area contributed by atoms with Gasteiger partial charge in [-0.25, -0.2) is 17.5 Å². The fraction of sp³-hybridized carbons (Fsp3) is 0.533. The Morgan fingerprint density at radius 1 is 1.48 bits per heavy atom.